The molecule has 0 saturated heterocycles. The molecule has 1 unspecified atom stereocenters. The van der Waals surface area contributed by atoms with Gasteiger partial charge in [0.1, 0.15) is 11.5 Å². The molecule has 0 fully saturated rings. The number of hydrogen-bond acceptors (Lipinski definition) is 3. The van der Waals surface area contributed by atoms with E-state index in [0.29, 0.717) is 6.54 Å². The number of carbonyl (C=O) groups excluding carboxylic acids is 1. The van der Waals surface area contributed by atoms with Crippen molar-refractivity contribution in [3.63, 3.8) is 0 Å². The van der Waals surface area contributed by atoms with Gasteiger partial charge in [0.15, 0.2) is 0 Å². The van der Waals surface area contributed by atoms with Crippen molar-refractivity contribution in [1.82, 2.24) is 10.2 Å². The van der Waals surface area contributed by atoms with E-state index >= 15 is 0 Å². The lowest BCUT2D eigenvalue weighted by atomic mass is 10.1. The molecule has 0 aliphatic heterocycles. The van der Waals surface area contributed by atoms with Gasteiger partial charge in [0.2, 0.25) is 0 Å². The van der Waals surface area contributed by atoms with Crippen LogP contribution in [0.3, 0.4) is 0 Å². The Labute approximate surface area is 155 Å². The summed E-state index contributed by atoms with van der Waals surface area (Å²) < 4.78 is 10.8. The van der Waals surface area contributed by atoms with E-state index in [0.717, 1.165) is 22.6 Å². The molecule has 2 aromatic rings. The molecule has 0 spiro atoms. The third kappa shape index (κ3) is 5.69. The summed E-state index contributed by atoms with van der Waals surface area (Å²) in [5, 5.41) is 3.02. The molecule has 0 aliphatic carbocycles. The van der Waals surface area contributed by atoms with Crippen LogP contribution in [-0.4, -0.2) is 31.2 Å². The number of nitrogens with zero attached hydrogens (tertiary/aromatic N) is 1. The Hall–Kier alpha value is -2.69. The third-order valence-electron chi connectivity index (χ3n) is 4.02. The highest BCUT2D eigenvalue weighted by Crippen LogP contribution is 2.19. The average molecular weight is 356 g/mol. The number of benzene rings is 2. The van der Waals surface area contributed by atoms with Gasteiger partial charge in [-0.15, -0.1) is 0 Å². The van der Waals surface area contributed by atoms with Gasteiger partial charge in [-0.05, 0) is 56.2 Å². The molecule has 1 atom stereocenters. The molecule has 26 heavy (non-hydrogen) atoms. The largest absolute Gasteiger partial charge is 0.497 e. The predicted molar refractivity (Wildman–Crippen MR) is 104 cm³/mol. The van der Waals surface area contributed by atoms with E-state index in [-0.39, 0.29) is 18.2 Å². The molecule has 0 aliphatic rings. The summed E-state index contributed by atoms with van der Waals surface area (Å²) in [7, 11) is 3.42. The van der Waals surface area contributed by atoms with Gasteiger partial charge in [-0.1, -0.05) is 24.3 Å². The van der Waals surface area contributed by atoms with E-state index in [4.69, 9.17) is 9.47 Å². The lowest BCUT2D eigenvalue weighted by Gasteiger charge is -2.22. The van der Waals surface area contributed by atoms with E-state index in [1.807, 2.05) is 69.3 Å². The van der Waals surface area contributed by atoms with Crippen molar-refractivity contribution in [1.29, 1.82) is 0 Å². The van der Waals surface area contributed by atoms with Gasteiger partial charge < -0.3 is 19.7 Å². The summed E-state index contributed by atoms with van der Waals surface area (Å²) in [6.07, 6.45) is 0.143. The van der Waals surface area contributed by atoms with Gasteiger partial charge in [-0.2, -0.15) is 0 Å². The van der Waals surface area contributed by atoms with Crippen molar-refractivity contribution >= 4 is 6.03 Å². The zero-order valence-electron chi connectivity index (χ0n) is 16.2. The highest BCUT2D eigenvalue weighted by atomic mass is 16.5. The van der Waals surface area contributed by atoms with Gasteiger partial charge in [-0.3, -0.25) is 0 Å². The van der Waals surface area contributed by atoms with Gasteiger partial charge in [-0.25, -0.2) is 4.79 Å². The summed E-state index contributed by atoms with van der Waals surface area (Å²) in [5.41, 5.74) is 2.08. The fourth-order valence-corrected chi connectivity index (χ4v) is 2.56. The molecule has 0 aromatic heterocycles. The molecule has 0 heterocycles. The first kappa shape index (κ1) is 19.6. The van der Waals surface area contributed by atoms with Crippen LogP contribution in [-0.2, 0) is 6.54 Å². The second-order valence-electron chi connectivity index (χ2n) is 6.61. The van der Waals surface area contributed by atoms with Crippen LogP contribution in [0.5, 0.6) is 11.5 Å². The molecule has 2 amide bonds. The Balaban J connectivity index is 1.90. The minimum atomic E-state index is -0.115. The zero-order valence-corrected chi connectivity index (χ0v) is 16.2. The summed E-state index contributed by atoms with van der Waals surface area (Å²) in [5.74, 6) is 1.64. The lowest BCUT2D eigenvalue weighted by molar-refractivity contribution is 0.203. The quantitative estimate of drug-likeness (QED) is 0.801. The summed E-state index contributed by atoms with van der Waals surface area (Å²) >= 11 is 0. The maximum Gasteiger partial charge on any atom is 0.317 e. The smallest absolute Gasteiger partial charge is 0.317 e. The number of carbonyl (C=O) groups is 1. The van der Waals surface area contributed by atoms with Gasteiger partial charge >= 0.3 is 6.03 Å². The Kier molecular flexibility index (Phi) is 6.89. The Morgan fingerprint density at radius 1 is 1.00 bits per heavy atom. The predicted octanol–water partition coefficient (Wildman–Crippen LogP) is 4.39. The maximum atomic E-state index is 12.4. The van der Waals surface area contributed by atoms with Crippen molar-refractivity contribution in [2.45, 2.75) is 39.5 Å². The molecule has 5 nitrogen and oxygen atoms in total. The topological polar surface area (TPSA) is 50.8 Å². The third-order valence-corrected chi connectivity index (χ3v) is 4.02. The van der Waals surface area contributed by atoms with Crippen LogP contribution in [0, 0.1) is 0 Å². The first-order valence-electron chi connectivity index (χ1n) is 8.80. The number of rotatable bonds is 7. The average Bonchev–Trinajstić information content (AvgIpc) is 2.62. The molecule has 0 radical (unpaired) electrons. The second-order valence-corrected chi connectivity index (χ2v) is 6.61. The molecular formula is C21H28N2O3. The van der Waals surface area contributed by atoms with Gasteiger partial charge in [0, 0.05) is 13.6 Å². The molecule has 1 N–H and O–H groups in total. The summed E-state index contributed by atoms with van der Waals surface area (Å²) in [6, 6.07) is 15.3. The van der Waals surface area contributed by atoms with Crippen LogP contribution in [0.4, 0.5) is 4.79 Å². The lowest BCUT2D eigenvalue weighted by Crippen LogP contribution is -2.38. The molecule has 140 valence electrons. The number of hydrogen-bond donors (Lipinski definition) is 1. The molecule has 2 aromatic carbocycles. The summed E-state index contributed by atoms with van der Waals surface area (Å²) in [6.45, 7) is 6.49. The highest BCUT2D eigenvalue weighted by molar-refractivity contribution is 5.74. The van der Waals surface area contributed by atoms with E-state index in [1.54, 1.807) is 19.1 Å². The molecule has 5 heteroatoms. The van der Waals surface area contributed by atoms with E-state index in [2.05, 4.69) is 5.32 Å². The van der Waals surface area contributed by atoms with Crippen LogP contribution >= 0.6 is 0 Å². The minimum Gasteiger partial charge on any atom is -0.497 e. The Morgan fingerprint density at radius 3 is 2.12 bits per heavy atom. The number of methoxy groups -OCH3 is 1. The van der Waals surface area contributed by atoms with Gasteiger partial charge in [0.25, 0.3) is 0 Å². The zero-order chi connectivity index (χ0) is 19.1. The van der Waals surface area contributed by atoms with Crippen LogP contribution in [0.15, 0.2) is 48.5 Å². The fraction of sp³-hybridized carbons (Fsp3) is 0.381. The highest BCUT2D eigenvalue weighted by Gasteiger charge is 2.14. The van der Waals surface area contributed by atoms with E-state index < -0.39 is 0 Å². The van der Waals surface area contributed by atoms with Crippen molar-refractivity contribution in [3.05, 3.63) is 59.7 Å². The summed E-state index contributed by atoms with van der Waals surface area (Å²) in [4.78, 5) is 14.1. The SMILES string of the molecule is COc1ccc(CN(C)C(=O)NC(C)c2ccc(OC(C)C)cc2)cc1. The second kappa shape index (κ2) is 9.13. The Morgan fingerprint density at radius 2 is 1.58 bits per heavy atom. The first-order valence-corrected chi connectivity index (χ1v) is 8.80. The standard InChI is InChI=1S/C21H28N2O3/c1-15(2)26-20-12-8-18(9-13-20)16(3)22-21(24)23(4)14-17-6-10-19(25-5)11-7-17/h6-13,15-16H,14H2,1-5H3,(H,22,24). The van der Waals surface area contributed by atoms with E-state index in [9.17, 15) is 4.79 Å². The van der Waals surface area contributed by atoms with Crippen LogP contribution in [0.25, 0.3) is 0 Å². The van der Waals surface area contributed by atoms with Crippen molar-refractivity contribution in [2.24, 2.45) is 0 Å². The Bertz CT molecular complexity index is 696. The molecular weight excluding hydrogens is 328 g/mol. The first-order chi connectivity index (χ1) is 12.4. The van der Waals surface area contributed by atoms with Crippen LogP contribution in [0.1, 0.15) is 37.9 Å². The monoisotopic (exact) mass is 356 g/mol. The number of nitrogens with one attached hydrogen (secondary N) is 1. The number of ether oxygens (including phenoxy) is 2. The van der Waals surface area contributed by atoms with Gasteiger partial charge in [0.05, 0.1) is 19.3 Å². The fourth-order valence-electron chi connectivity index (χ4n) is 2.56. The van der Waals surface area contributed by atoms with Crippen molar-refractivity contribution < 1.29 is 14.3 Å². The molecule has 0 saturated carbocycles. The molecule has 0 bridgehead atoms. The van der Waals surface area contributed by atoms with Crippen LogP contribution < -0.4 is 14.8 Å². The minimum absolute atomic E-state index is 0.0890. The van der Waals surface area contributed by atoms with Crippen molar-refractivity contribution in [2.75, 3.05) is 14.2 Å². The van der Waals surface area contributed by atoms with Crippen molar-refractivity contribution in [3.8, 4) is 11.5 Å². The molecule has 2 rings (SSSR count). The van der Waals surface area contributed by atoms with Crippen LogP contribution in [0.2, 0.25) is 0 Å². The number of urea groups is 1. The normalized spacial score (nSPS) is 11.8. The maximum absolute atomic E-state index is 12.4. The number of amides is 2. The van der Waals surface area contributed by atoms with E-state index in [1.165, 1.54) is 0 Å².